The van der Waals surface area contributed by atoms with E-state index in [1.807, 2.05) is 64.9 Å². The largest absolute Gasteiger partial charge is 0.493 e. The monoisotopic (exact) mass is 500 g/mol. The minimum atomic E-state index is -0.428. The first kappa shape index (κ1) is 22.9. The molecule has 0 saturated heterocycles. The number of nitrogens with zero attached hydrogens (tertiary/aromatic N) is 1. The number of allylic oxidation sites excluding steroid dienone is 1. The Morgan fingerprint density at radius 3 is 2.53 bits per heavy atom. The quantitative estimate of drug-likeness (QED) is 0.460. The Morgan fingerprint density at radius 1 is 1.00 bits per heavy atom. The van der Waals surface area contributed by atoms with Crippen LogP contribution in [0.2, 0.25) is 0 Å². The van der Waals surface area contributed by atoms with Gasteiger partial charge in [-0.3, -0.25) is 14.5 Å². The summed E-state index contributed by atoms with van der Waals surface area (Å²) in [6.45, 7) is 0. The lowest BCUT2D eigenvalue weighted by Gasteiger charge is -2.34. The van der Waals surface area contributed by atoms with Crippen LogP contribution in [0.5, 0.6) is 11.5 Å². The van der Waals surface area contributed by atoms with Gasteiger partial charge in [0.2, 0.25) is 5.91 Å². The van der Waals surface area contributed by atoms with E-state index in [1.54, 1.807) is 25.6 Å². The molecule has 2 aliphatic carbocycles. The molecule has 1 saturated carbocycles. The summed E-state index contributed by atoms with van der Waals surface area (Å²) in [5.74, 6) is 1.51. The van der Waals surface area contributed by atoms with E-state index < -0.39 is 6.04 Å². The molecule has 0 spiro atoms. The maximum absolute atomic E-state index is 14.0. The number of ketones is 1. The second-order valence-electron chi connectivity index (χ2n) is 9.58. The molecular formula is C29H28N2O4S. The standard InChI is InChI=1S/C29H28N2O4S/c1-34-24-12-11-18(16-25(24)35-2)19-14-21-27(23(32)15-19)28(26-8-5-13-36-26)31(29(33)17-9-10-17)22-7-4-3-6-20(22)30-21/h3-8,11-13,16-17,19,28,30H,9-10,14-15H2,1-2H3. The first-order valence-electron chi connectivity index (χ1n) is 12.3. The van der Waals surface area contributed by atoms with Crippen LogP contribution in [0.4, 0.5) is 11.4 Å². The number of Topliss-reactive ketones (excluding diaryl/α,β-unsaturated/α-hetero) is 1. The van der Waals surface area contributed by atoms with Crippen molar-refractivity contribution in [2.24, 2.45) is 5.92 Å². The van der Waals surface area contributed by atoms with Gasteiger partial charge in [0.15, 0.2) is 17.3 Å². The van der Waals surface area contributed by atoms with Crippen LogP contribution >= 0.6 is 11.3 Å². The third kappa shape index (κ3) is 3.88. The first-order valence-corrected chi connectivity index (χ1v) is 13.2. The van der Waals surface area contributed by atoms with E-state index in [1.165, 1.54) is 0 Å². The molecule has 1 aromatic heterocycles. The maximum atomic E-state index is 14.0. The van der Waals surface area contributed by atoms with Gasteiger partial charge in [0.25, 0.3) is 0 Å². The Hall–Kier alpha value is -3.58. The first-order chi connectivity index (χ1) is 17.6. The number of hydrogen-bond acceptors (Lipinski definition) is 6. The summed E-state index contributed by atoms with van der Waals surface area (Å²) in [7, 11) is 3.24. The van der Waals surface area contributed by atoms with Crippen molar-refractivity contribution in [2.75, 3.05) is 24.4 Å². The van der Waals surface area contributed by atoms with Crippen molar-refractivity contribution >= 4 is 34.4 Å². The van der Waals surface area contributed by atoms with Crippen molar-refractivity contribution in [1.29, 1.82) is 0 Å². The molecule has 6 nitrogen and oxygen atoms in total. The van der Waals surface area contributed by atoms with Crippen LogP contribution in [-0.2, 0) is 9.59 Å². The van der Waals surface area contributed by atoms with Crippen molar-refractivity contribution in [3.8, 4) is 11.5 Å². The number of amides is 1. The predicted octanol–water partition coefficient (Wildman–Crippen LogP) is 6.08. The number of benzene rings is 2. The highest BCUT2D eigenvalue weighted by molar-refractivity contribution is 7.10. The normalized spacial score (nSPS) is 21.3. The topological polar surface area (TPSA) is 67.9 Å². The highest BCUT2D eigenvalue weighted by Gasteiger charge is 2.45. The zero-order valence-corrected chi connectivity index (χ0v) is 21.1. The zero-order chi connectivity index (χ0) is 24.8. The van der Waals surface area contributed by atoms with E-state index in [0.717, 1.165) is 40.4 Å². The summed E-state index contributed by atoms with van der Waals surface area (Å²) >= 11 is 1.59. The van der Waals surface area contributed by atoms with Gasteiger partial charge < -0.3 is 14.8 Å². The minimum absolute atomic E-state index is 0.00890. The molecule has 1 amide bonds. The SMILES string of the molecule is COc1ccc(C2CC(=O)C3=C(C2)Nc2ccccc2N(C(=O)C2CC2)C3c2cccs2)cc1OC. The number of para-hydroxylation sites is 2. The molecule has 36 heavy (non-hydrogen) atoms. The van der Waals surface area contributed by atoms with Gasteiger partial charge in [-0.1, -0.05) is 24.3 Å². The minimum Gasteiger partial charge on any atom is -0.493 e. The van der Waals surface area contributed by atoms with Crippen molar-refractivity contribution in [2.45, 2.75) is 37.6 Å². The lowest BCUT2D eigenvalue weighted by Crippen LogP contribution is -2.39. The van der Waals surface area contributed by atoms with Crippen LogP contribution in [-0.4, -0.2) is 25.9 Å². The van der Waals surface area contributed by atoms with Crippen LogP contribution < -0.4 is 19.7 Å². The highest BCUT2D eigenvalue weighted by Crippen LogP contribution is 2.50. The molecule has 2 unspecified atom stereocenters. The van der Waals surface area contributed by atoms with E-state index >= 15 is 0 Å². The van der Waals surface area contributed by atoms with Crippen LogP contribution in [0.3, 0.4) is 0 Å². The molecule has 3 aromatic rings. The Labute approximate surface area is 214 Å². The van der Waals surface area contributed by atoms with Crippen LogP contribution in [0.15, 0.2) is 71.2 Å². The maximum Gasteiger partial charge on any atom is 0.231 e. The summed E-state index contributed by atoms with van der Waals surface area (Å²) < 4.78 is 10.9. The van der Waals surface area contributed by atoms with Gasteiger partial charge in [0.1, 0.15) is 6.04 Å². The van der Waals surface area contributed by atoms with Gasteiger partial charge in [-0.15, -0.1) is 11.3 Å². The van der Waals surface area contributed by atoms with Gasteiger partial charge in [-0.05, 0) is 66.5 Å². The molecule has 1 N–H and O–H groups in total. The molecular weight excluding hydrogens is 472 g/mol. The average Bonchev–Trinajstić information content (AvgIpc) is 3.64. The smallest absolute Gasteiger partial charge is 0.231 e. The van der Waals surface area contributed by atoms with E-state index in [0.29, 0.717) is 29.9 Å². The Balaban J connectivity index is 1.48. The number of nitrogens with one attached hydrogen (secondary N) is 1. The average molecular weight is 501 g/mol. The molecule has 0 bridgehead atoms. The summed E-state index contributed by atoms with van der Waals surface area (Å²) in [5, 5.41) is 5.61. The Bertz CT molecular complexity index is 1360. The van der Waals surface area contributed by atoms with Gasteiger partial charge >= 0.3 is 0 Å². The second kappa shape index (κ2) is 9.13. The fourth-order valence-corrected chi connectivity index (χ4v) is 6.24. The Kier molecular flexibility index (Phi) is 5.80. The lowest BCUT2D eigenvalue weighted by atomic mass is 9.79. The molecule has 6 rings (SSSR count). The van der Waals surface area contributed by atoms with Crippen molar-refractivity contribution in [3.63, 3.8) is 0 Å². The zero-order valence-electron chi connectivity index (χ0n) is 20.3. The van der Waals surface area contributed by atoms with E-state index in [-0.39, 0.29) is 23.5 Å². The molecule has 7 heteroatoms. The van der Waals surface area contributed by atoms with Crippen LogP contribution in [0.25, 0.3) is 0 Å². The molecule has 2 atom stereocenters. The van der Waals surface area contributed by atoms with Gasteiger partial charge in [-0.25, -0.2) is 0 Å². The van der Waals surface area contributed by atoms with E-state index in [2.05, 4.69) is 5.32 Å². The fraction of sp³-hybridized carbons (Fsp3) is 0.310. The third-order valence-corrected chi connectivity index (χ3v) is 8.27. The number of carbonyl (C=O) groups is 2. The predicted molar refractivity (Wildman–Crippen MR) is 141 cm³/mol. The summed E-state index contributed by atoms with van der Waals surface area (Å²) in [4.78, 5) is 30.6. The number of anilines is 2. The van der Waals surface area contributed by atoms with Crippen LogP contribution in [0.1, 0.15) is 48.1 Å². The number of thiophene rings is 1. The number of ether oxygens (including phenoxy) is 2. The molecule has 2 heterocycles. The number of fused-ring (bicyclic) bond motifs is 1. The lowest BCUT2D eigenvalue weighted by molar-refractivity contribution is -0.120. The van der Waals surface area contributed by atoms with Gasteiger partial charge in [0.05, 0.1) is 25.6 Å². The van der Waals surface area contributed by atoms with Crippen LogP contribution in [0, 0.1) is 5.92 Å². The number of rotatable bonds is 5. The van der Waals surface area contributed by atoms with Crippen molar-refractivity contribution < 1.29 is 19.1 Å². The second-order valence-corrected chi connectivity index (χ2v) is 10.6. The number of methoxy groups -OCH3 is 2. The van der Waals surface area contributed by atoms with E-state index in [9.17, 15) is 9.59 Å². The molecule has 0 radical (unpaired) electrons. The number of carbonyl (C=O) groups excluding carboxylic acids is 2. The molecule has 2 aromatic carbocycles. The molecule has 3 aliphatic rings. The Morgan fingerprint density at radius 2 is 1.81 bits per heavy atom. The fourth-order valence-electron chi connectivity index (χ4n) is 5.42. The molecule has 1 aliphatic heterocycles. The summed E-state index contributed by atoms with van der Waals surface area (Å²) in [6, 6.07) is 17.4. The van der Waals surface area contributed by atoms with Crippen molar-refractivity contribution in [3.05, 3.63) is 81.7 Å². The number of hydrogen-bond donors (Lipinski definition) is 1. The summed E-state index contributed by atoms with van der Waals surface area (Å²) in [6.07, 6.45) is 2.85. The summed E-state index contributed by atoms with van der Waals surface area (Å²) in [5.41, 5.74) is 4.32. The third-order valence-electron chi connectivity index (χ3n) is 7.34. The van der Waals surface area contributed by atoms with Gasteiger partial charge in [0, 0.05) is 28.5 Å². The van der Waals surface area contributed by atoms with Gasteiger partial charge in [-0.2, -0.15) is 0 Å². The van der Waals surface area contributed by atoms with E-state index in [4.69, 9.17) is 9.47 Å². The molecule has 184 valence electrons. The highest BCUT2D eigenvalue weighted by atomic mass is 32.1. The van der Waals surface area contributed by atoms with Crippen molar-refractivity contribution in [1.82, 2.24) is 0 Å². The molecule has 1 fully saturated rings.